The molecule has 1 amide bonds. The summed E-state index contributed by atoms with van der Waals surface area (Å²) in [5.41, 5.74) is 1.16. The normalized spacial score (nSPS) is 28.7. The molecule has 3 rings (SSSR count). The molecule has 0 aromatic heterocycles. The highest BCUT2D eigenvalue weighted by Crippen LogP contribution is 2.29. The maximum absolute atomic E-state index is 12.1. The average molecular weight is 392 g/mol. The second-order valence-electron chi connectivity index (χ2n) is 7.90. The molecule has 1 aromatic rings. The third kappa shape index (κ3) is 5.44. The lowest BCUT2D eigenvalue weighted by atomic mass is 9.94. The van der Waals surface area contributed by atoms with Gasteiger partial charge in [0.25, 0.3) is 0 Å². The van der Waals surface area contributed by atoms with Gasteiger partial charge in [-0.2, -0.15) is 0 Å². The maximum atomic E-state index is 12.1. The van der Waals surface area contributed by atoms with Crippen LogP contribution in [0.1, 0.15) is 24.8 Å². The molecule has 2 fully saturated rings. The first-order valence-corrected chi connectivity index (χ1v) is 9.94. The SMILES string of the molecule is COc1ccc(CN2C[C@H](O)COC[C@H]3O[C@@H](CC(=O)N(C)C)CC[C@@H]32)cc1. The highest BCUT2D eigenvalue weighted by Gasteiger charge is 2.38. The molecule has 2 aliphatic heterocycles. The molecule has 0 bridgehead atoms. The molecular weight excluding hydrogens is 360 g/mol. The molecule has 7 nitrogen and oxygen atoms in total. The Morgan fingerprint density at radius 3 is 2.68 bits per heavy atom. The van der Waals surface area contributed by atoms with Crippen molar-refractivity contribution in [2.75, 3.05) is 41.0 Å². The number of benzene rings is 1. The summed E-state index contributed by atoms with van der Waals surface area (Å²) in [5, 5.41) is 10.3. The Balaban J connectivity index is 1.69. The van der Waals surface area contributed by atoms with Gasteiger partial charge in [-0.05, 0) is 30.5 Å². The van der Waals surface area contributed by atoms with E-state index in [0.29, 0.717) is 26.2 Å². The molecule has 2 heterocycles. The smallest absolute Gasteiger partial charge is 0.224 e. The minimum absolute atomic E-state index is 0.0769. The molecule has 1 aromatic carbocycles. The number of aliphatic hydroxyl groups is 1. The van der Waals surface area contributed by atoms with E-state index in [-0.39, 0.29) is 24.2 Å². The van der Waals surface area contributed by atoms with Crippen LogP contribution in [-0.4, -0.2) is 86.1 Å². The zero-order chi connectivity index (χ0) is 20.1. The van der Waals surface area contributed by atoms with Crippen LogP contribution in [0.2, 0.25) is 0 Å². The van der Waals surface area contributed by atoms with Crippen molar-refractivity contribution in [2.24, 2.45) is 0 Å². The van der Waals surface area contributed by atoms with E-state index in [9.17, 15) is 9.90 Å². The minimum atomic E-state index is -0.521. The number of methoxy groups -OCH3 is 1. The van der Waals surface area contributed by atoms with Crippen LogP contribution in [0.4, 0.5) is 0 Å². The summed E-state index contributed by atoms with van der Waals surface area (Å²) in [6, 6.07) is 8.17. The van der Waals surface area contributed by atoms with E-state index in [2.05, 4.69) is 17.0 Å². The van der Waals surface area contributed by atoms with Gasteiger partial charge in [-0.15, -0.1) is 0 Å². The molecule has 0 unspecified atom stereocenters. The molecule has 28 heavy (non-hydrogen) atoms. The van der Waals surface area contributed by atoms with Gasteiger partial charge in [0.05, 0.1) is 45.1 Å². The fourth-order valence-electron chi connectivity index (χ4n) is 3.97. The van der Waals surface area contributed by atoms with Crippen LogP contribution < -0.4 is 4.74 Å². The van der Waals surface area contributed by atoms with Crippen LogP contribution in [0.25, 0.3) is 0 Å². The number of hydrogen-bond acceptors (Lipinski definition) is 6. The molecular formula is C21H32N2O5. The van der Waals surface area contributed by atoms with E-state index in [1.165, 1.54) is 0 Å². The molecule has 0 aliphatic carbocycles. The average Bonchev–Trinajstić information content (AvgIpc) is 2.67. The van der Waals surface area contributed by atoms with Crippen molar-refractivity contribution >= 4 is 5.91 Å². The van der Waals surface area contributed by atoms with Gasteiger partial charge >= 0.3 is 0 Å². The monoisotopic (exact) mass is 392 g/mol. The van der Waals surface area contributed by atoms with E-state index in [1.54, 1.807) is 26.1 Å². The first-order chi connectivity index (χ1) is 13.5. The standard InChI is InChI=1S/C21H32N2O5/c1-22(2)21(25)10-18-8-9-19-20(28-18)14-27-13-16(24)12-23(19)11-15-4-6-17(26-3)7-5-15/h4-7,16,18-20,24H,8-14H2,1-3H3/t16-,18+,19-,20+/m0/s1. The van der Waals surface area contributed by atoms with Crippen LogP contribution >= 0.6 is 0 Å². The predicted molar refractivity (Wildman–Crippen MR) is 105 cm³/mol. The summed E-state index contributed by atoms with van der Waals surface area (Å²) in [6.07, 6.45) is 1.45. The zero-order valence-corrected chi connectivity index (χ0v) is 17.0. The fraction of sp³-hybridized carbons (Fsp3) is 0.667. The van der Waals surface area contributed by atoms with Crippen molar-refractivity contribution in [1.82, 2.24) is 9.80 Å². The number of amides is 1. The van der Waals surface area contributed by atoms with E-state index < -0.39 is 6.10 Å². The summed E-state index contributed by atoms with van der Waals surface area (Å²) in [6.45, 7) is 2.01. The maximum Gasteiger partial charge on any atom is 0.224 e. The van der Waals surface area contributed by atoms with E-state index >= 15 is 0 Å². The van der Waals surface area contributed by atoms with Crippen LogP contribution in [0.3, 0.4) is 0 Å². The Morgan fingerprint density at radius 1 is 1.25 bits per heavy atom. The third-order valence-electron chi connectivity index (χ3n) is 5.53. The number of nitrogens with zero attached hydrogens (tertiary/aromatic N) is 2. The Hall–Kier alpha value is -1.67. The third-order valence-corrected chi connectivity index (χ3v) is 5.53. The number of fused-ring (bicyclic) bond motifs is 1. The van der Waals surface area contributed by atoms with Crippen LogP contribution in [-0.2, 0) is 20.8 Å². The molecule has 0 saturated carbocycles. The van der Waals surface area contributed by atoms with Crippen LogP contribution in [0.15, 0.2) is 24.3 Å². The van der Waals surface area contributed by atoms with Gasteiger partial charge in [0.1, 0.15) is 5.75 Å². The van der Waals surface area contributed by atoms with Gasteiger partial charge in [-0.3, -0.25) is 9.69 Å². The topological polar surface area (TPSA) is 71.5 Å². The van der Waals surface area contributed by atoms with Crippen molar-refractivity contribution < 1.29 is 24.1 Å². The van der Waals surface area contributed by atoms with Crippen molar-refractivity contribution in [3.05, 3.63) is 29.8 Å². The largest absolute Gasteiger partial charge is 0.497 e. The van der Waals surface area contributed by atoms with Crippen LogP contribution in [0, 0.1) is 0 Å². The van der Waals surface area contributed by atoms with E-state index in [4.69, 9.17) is 14.2 Å². The van der Waals surface area contributed by atoms with Gasteiger partial charge in [0, 0.05) is 33.2 Å². The van der Waals surface area contributed by atoms with Gasteiger partial charge in [-0.1, -0.05) is 12.1 Å². The quantitative estimate of drug-likeness (QED) is 0.814. The number of hydrogen-bond donors (Lipinski definition) is 1. The zero-order valence-electron chi connectivity index (χ0n) is 17.0. The van der Waals surface area contributed by atoms with Crippen LogP contribution in [0.5, 0.6) is 5.75 Å². The molecule has 1 N–H and O–H groups in total. The number of aliphatic hydroxyl groups excluding tert-OH is 1. The Labute approximate surface area is 167 Å². The lowest BCUT2D eigenvalue weighted by Crippen LogP contribution is -2.55. The van der Waals surface area contributed by atoms with E-state index in [0.717, 1.165) is 30.7 Å². The van der Waals surface area contributed by atoms with Crippen molar-refractivity contribution in [1.29, 1.82) is 0 Å². The summed E-state index contributed by atoms with van der Waals surface area (Å²) < 4.78 is 17.2. The Kier molecular flexibility index (Phi) is 7.29. The van der Waals surface area contributed by atoms with Gasteiger partial charge in [0.2, 0.25) is 5.91 Å². The van der Waals surface area contributed by atoms with E-state index in [1.807, 2.05) is 12.1 Å². The predicted octanol–water partition coefficient (Wildman–Crippen LogP) is 1.28. The fourth-order valence-corrected chi connectivity index (χ4v) is 3.97. The first kappa shape index (κ1) is 21.0. The molecule has 156 valence electrons. The number of carbonyl (C=O) groups excluding carboxylic acids is 1. The molecule has 2 aliphatic rings. The Bertz CT molecular complexity index is 636. The minimum Gasteiger partial charge on any atom is -0.497 e. The number of ether oxygens (including phenoxy) is 3. The molecule has 2 saturated heterocycles. The second-order valence-corrected chi connectivity index (χ2v) is 7.90. The lowest BCUT2D eigenvalue weighted by molar-refractivity contribution is -0.160. The highest BCUT2D eigenvalue weighted by molar-refractivity contribution is 5.76. The summed E-state index contributed by atoms with van der Waals surface area (Å²) >= 11 is 0. The summed E-state index contributed by atoms with van der Waals surface area (Å²) in [4.78, 5) is 16.0. The molecule has 0 spiro atoms. The molecule has 4 atom stereocenters. The number of rotatable bonds is 5. The number of carbonyl (C=O) groups is 1. The van der Waals surface area contributed by atoms with Gasteiger partial charge < -0.3 is 24.2 Å². The Morgan fingerprint density at radius 2 is 2.00 bits per heavy atom. The van der Waals surface area contributed by atoms with Gasteiger partial charge in [0.15, 0.2) is 0 Å². The van der Waals surface area contributed by atoms with Crippen molar-refractivity contribution in [3.63, 3.8) is 0 Å². The van der Waals surface area contributed by atoms with Crippen molar-refractivity contribution in [3.8, 4) is 5.75 Å². The molecule has 7 heteroatoms. The lowest BCUT2D eigenvalue weighted by Gasteiger charge is -2.44. The van der Waals surface area contributed by atoms with Crippen molar-refractivity contribution in [2.45, 2.75) is 50.2 Å². The highest BCUT2D eigenvalue weighted by atomic mass is 16.5. The molecule has 0 radical (unpaired) electrons. The van der Waals surface area contributed by atoms with Gasteiger partial charge in [-0.25, -0.2) is 0 Å². The first-order valence-electron chi connectivity index (χ1n) is 9.94. The number of β-amino-alcohol motifs (C(OH)–C–C–N with tert-alkyl or cyclic N) is 1. The second kappa shape index (κ2) is 9.69. The summed E-state index contributed by atoms with van der Waals surface area (Å²) in [7, 11) is 5.20. The summed E-state index contributed by atoms with van der Waals surface area (Å²) in [5.74, 6) is 0.915.